The predicted octanol–water partition coefficient (Wildman–Crippen LogP) is 1.61. The van der Waals surface area contributed by atoms with Gasteiger partial charge in [0.25, 0.3) is 0 Å². The second-order valence-corrected chi connectivity index (χ2v) is 5.88. The second kappa shape index (κ2) is 11.1. The Balaban J connectivity index is 1.65. The first-order chi connectivity index (χ1) is 11.8. The summed E-state index contributed by atoms with van der Waals surface area (Å²) < 4.78 is 11.0. The van der Waals surface area contributed by atoms with E-state index in [9.17, 15) is 0 Å². The normalized spacial score (nSPS) is 16.0. The van der Waals surface area contributed by atoms with Crippen LogP contribution in [0.25, 0.3) is 0 Å². The predicted molar refractivity (Wildman–Crippen MR) is 98.2 cm³/mol. The van der Waals surface area contributed by atoms with E-state index in [1.54, 1.807) is 0 Å². The Kier molecular flexibility index (Phi) is 8.73. The van der Waals surface area contributed by atoms with Crippen LogP contribution in [0.3, 0.4) is 0 Å². The van der Waals surface area contributed by atoms with Crippen LogP contribution in [0.1, 0.15) is 6.92 Å². The highest BCUT2D eigenvalue weighted by molar-refractivity contribution is 6.30. The maximum Gasteiger partial charge on any atom is 0.191 e. The molecule has 1 heterocycles. The largest absolute Gasteiger partial charge is 0.492 e. The van der Waals surface area contributed by atoms with Gasteiger partial charge in [-0.1, -0.05) is 11.6 Å². The Labute approximate surface area is 149 Å². The molecule has 1 saturated heterocycles. The molecule has 2 N–H and O–H groups in total. The number of ether oxygens (including phenoxy) is 2. The smallest absolute Gasteiger partial charge is 0.191 e. The van der Waals surface area contributed by atoms with E-state index >= 15 is 0 Å². The van der Waals surface area contributed by atoms with Crippen molar-refractivity contribution in [1.29, 1.82) is 0 Å². The number of rotatable bonds is 8. The lowest BCUT2D eigenvalue weighted by atomic mass is 10.3. The van der Waals surface area contributed by atoms with Crippen molar-refractivity contribution in [3.05, 3.63) is 29.3 Å². The number of morpholine rings is 1. The lowest BCUT2D eigenvalue weighted by molar-refractivity contribution is 0.0394. The van der Waals surface area contributed by atoms with Crippen LogP contribution in [-0.4, -0.2) is 69.9 Å². The van der Waals surface area contributed by atoms with Crippen molar-refractivity contribution in [3.63, 3.8) is 0 Å². The van der Waals surface area contributed by atoms with Crippen LogP contribution in [0.4, 0.5) is 0 Å². The monoisotopic (exact) mass is 354 g/mol. The standard InChI is InChI=1S/C17H27ClN4O2/c1-2-19-17(20-7-9-22-10-13-23-14-11-22)21-8-12-24-16-5-3-15(18)4-6-16/h3-6H,2,7-14H2,1H3,(H2,19,20,21). The van der Waals surface area contributed by atoms with Crippen molar-refractivity contribution in [1.82, 2.24) is 15.5 Å². The summed E-state index contributed by atoms with van der Waals surface area (Å²) in [7, 11) is 0. The summed E-state index contributed by atoms with van der Waals surface area (Å²) >= 11 is 5.85. The van der Waals surface area contributed by atoms with Crippen LogP contribution in [0.15, 0.2) is 29.3 Å². The van der Waals surface area contributed by atoms with Gasteiger partial charge in [-0.25, -0.2) is 0 Å². The summed E-state index contributed by atoms with van der Waals surface area (Å²) in [6.07, 6.45) is 0. The molecular formula is C17H27ClN4O2. The summed E-state index contributed by atoms with van der Waals surface area (Å²) in [5.74, 6) is 1.64. The molecule has 1 fully saturated rings. The number of halogens is 1. The molecule has 0 amide bonds. The Morgan fingerprint density at radius 1 is 1.25 bits per heavy atom. The minimum Gasteiger partial charge on any atom is -0.492 e. The molecule has 0 spiro atoms. The summed E-state index contributed by atoms with van der Waals surface area (Å²) in [5.41, 5.74) is 0. The van der Waals surface area contributed by atoms with Crippen molar-refractivity contribution in [3.8, 4) is 5.75 Å². The van der Waals surface area contributed by atoms with Crippen LogP contribution in [0.2, 0.25) is 5.02 Å². The Hall–Kier alpha value is -1.50. The van der Waals surface area contributed by atoms with Gasteiger partial charge < -0.3 is 20.1 Å². The molecular weight excluding hydrogens is 328 g/mol. The van der Waals surface area contributed by atoms with E-state index in [2.05, 4.69) is 27.4 Å². The lowest BCUT2D eigenvalue weighted by Gasteiger charge is -2.25. The molecule has 0 aliphatic carbocycles. The fraction of sp³-hybridized carbons (Fsp3) is 0.588. The zero-order chi connectivity index (χ0) is 17.0. The van der Waals surface area contributed by atoms with Gasteiger partial charge in [-0.3, -0.25) is 9.89 Å². The Morgan fingerprint density at radius 3 is 2.71 bits per heavy atom. The minimum atomic E-state index is 0.565. The average molecular weight is 355 g/mol. The molecule has 0 atom stereocenters. The first kappa shape index (κ1) is 18.8. The maximum absolute atomic E-state index is 5.85. The molecule has 0 aromatic heterocycles. The molecule has 0 saturated carbocycles. The van der Waals surface area contributed by atoms with Crippen molar-refractivity contribution < 1.29 is 9.47 Å². The van der Waals surface area contributed by atoms with Gasteiger partial charge in [0.2, 0.25) is 0 Å². The Morgan fingerprint density at radius 2 is 2.00 bits per heavy atom. The lowest BCUT2D eigenvalue weighted by Crippen LogP contribution is -2.41. The van der Waals surface area contributed by atoms with E-state index < -0.39 is 0 Å². The van der Waals surface area contributed by atoms with Crippen LogP contribution >= 0.6 is 11.6 Å². The third kappa shape index (κ3) is 7.38. The maximum atomic E-state index is 5.85. The van der Waals surface area contributed by atoms with Crippen LogP contribution in [0, 0.1) is 0 Å². The van der Waals surface area contributed by atoms with Gasteiger partial charge in [-0.2, -0.15) is 0 Å². The van der Waals surface area contributed by atoms with Crippen molar-refractivity contribution in [2.75, 3.05) is 59.1 Å². The van der Waals surface area contributed by atoms with Gasteiger partial charge in [0.15, 0.2) is 5.96 Å². The molecule has 134 valence electrons. The van der Waals surface area contributed by atoms with E-state index in [1.165, 1.54) is 0 Å². The second-order valence-electron chi connectivity index (χ2n) is 5.44. The summed E-state index contributed by atoms with van der Waals surface area (Å²) in [6, 6.07) is 7.37. The molecule has 24 heavy (non-hydrogen) atoms. The van der Waals surface area contributed by atoms with E-state index in [4.69, 9.17) is 21.1 Å². The molecule has 1 aromatic rings. The van der Waals surface area contributed by atoms with Crippen molar-refractivity contribution in [2.24, 2.45) is 4.99 Å². The third-order valence-corrected chi connectivity index (χ3v) is 3.86. The van der Waals surface area contributed by atoms with Crippen molar-refractivity contribution >= 4 is 17.6 Å². The topological polar surface area (TPSA) is 58.1 Å². The van der Waals surface area contributed by atoms with Crippen LogP contribution in [-0.2, 0) is 4.74 Å². The fourth-order valence-electron chi connectivity index (χ4n) is 2.34. The van der Waals surface area contributed by atoms with E-state index in [0.29, 0.717) is 18.2 Å². The average Bonchev–Trinajstić information content (AvgIpc) is 2.61. The number of nitrogens with one attached hydrogen (secondary N) is 2. The SMILES string of the molecule is CCNC(=NCCN1CCOCC1)NCCOc1ccc(Cl)cc1. The highest BCUT2D eigenvalue weighted by Crippen LogP contribution is 2.15. The summed E-state index contributed by atoms with van der Waals surface area (Å²) in [5, 5.41) is 7.24. The molecule has 0 radical (unpaired) electrons. The highest BCUT2D eigenvalue weighted by Gasteiger charge is 2.09. The van der Waals surface area contributed by atoms with Gasteiger partial charge in [0, 0.05) is 31.2 Å². The molecule has 1 aromatic carbocycles. The van der Waals surface area contributed by atoms with Gasteiger partial charge in [0.1, 0.15) is 12.4 Å². The van der Waals surface area contributed by atoms with E-state index in [0.717, 1.165) is 57.6 Å². The number of benzene rings is 1. The van der Waals surface area contributed by atoms with Gasteiger partial charge in [-0.05, 0) is 31.2 Å². The van der Waals surface area contributed by atoms with Crippen LogP contribution < -0.4 is 15.4 Å². The summed E-state index contributed by atoms with van der Waals surface area (Å²) in [4.78, 5) is 6.98. The Bertz CT molecular complexity index is 490. The fourth-order valence-corrected chi connectivity index (χ4v) is 2.46. The quantitative estimate of drug-likeness (QED) is 0.422. The zero-order valence-electron chi connectivity index (χ0n) is 14.3. The number of nitrogens with zero attached hydrogens (tertiary/aromatic N) is 2. The number of hydrogen-bond donors (Lipinski definition) is 2. The molecule has 1 aliphatic heterocycles. The van der Waals surface area contributed by atoms with Gasteiger partial charge in [0.05, 0.1) is 26.3 Å². The summed E-state index contributed by atoms with van der Waals surface area (Å²) in [6.45, 7) is 9.51. The first-order valence-electron chi connectivity index (χ1n) is 8.48. The van der Waals surface area contributed by atoms with Crippen molar-refractivity contribution in [2.45, 2.75) is 6.92 Å². The molecule has 7 heteroatoms. The molecule has 6 nitrogen and oxygen atoms in total. The van der Waals surface area contributed by atoms with E-state index in [1.807, 2.05) is 24.3 Å². The molecule has 1 aliphatic rings. The van der Waals surface area contributed by atoms with Gasteiger partial charge >= 0.3 is 0 Å². The molecule has 0 bridgehead atoms. The van der Waals surface area contributed by atoms with E-state index in [-0.39, 0.29) is 0 Å². The zero-order valence-corrected chi connectivity index (χ0v) is 15.0. The molecule has 0 unspecified atom stereocenters. The first-order valence-corrected chi connectivity index (χ1v) is 8.86. The number of aliphatic imine (C=N–C) groups is 1. The highest BCUT2D eigenvalue weighted by atomic mass is 35.5. The molecule has 2 rings (SSSR count). The minimum absolute atomic E-state index is 0.565. The number of hydrogen-bond acceptors (Lipinski definition) is 4. The third-order valence-electron chi connectivity index (χ3n) is 3.61. The van der Waals surface area contributed by atoms with Crippen LogP contribution in [0.5, 0.6) is 5.75 Å². The van der Waals surface area contributed by atoms with Gasteiger partial charge in [-0.15, -0.1) is 0 Å². The number of guanidine groups is 1.